The molecule has 2 saturated heterocycles. The number of fused-ring (bicyclic) bond motifs is 2. The normalized spacial score (nSPS) is 44.5. The third kappa shape index (κ3) is 1.98. The highest BCUT2D eigenvalue weighted by Crippen LogP contribution is 2.68. The Kier molecular flexibility index (Phi) is 3.04. The molecule has 5 rings (SSSR count). The molecule has 0 unspecified atom stereocenters. The Morgan fingerprint density at radius 2 is 2.29 bits per heavy atom. The molecule has 24 heavy (non-hydrogen) atoms. The van der Waals surface area contributed by atoms with Crippen LogP contribution in [0.2, 0.25) is 0 Å². The first-order valence-electron chi connectivity index (χ1n) is 8.66. The Morgan fingerprint density at radius 3 is 3.08 bits per heavy atom. The number of epoxide rings is 1. The minimum atomic E-state index is -0.510. The SMILES string of the molecule is CC1(C)O[C@H]2[C@H](C[C@]3(COC(=S)n4ccnc4)O[C@@]34CCC[C@@H]24)O1. The molecule has 2 saturated carbocycles. The number of imidazole rings is 1. The number of hydrogen-bond acceptors (Lipinski definition) is 6. The molecule has 6 nitrogen and oxygen atoms in total. The van der Waals surface area contributed by atoms with Crippen LogP contribution in [-0.4, -0.2) is 50.5 Å². The van der Waals surface area contributed by atoms with Gasteiger partial charge in [0.1, 0.15) is 24.1 Å². The molecule has 2 aliphatic carbocycles. The van der Waals surface area contributed by atoms with Crippen LogP contribution in [0.25, 0.3) is 0 Å². The van der Waals surface area contributed by atoms with Gasteiger partial charge in [-0.3, -0.25) is 4.57 Å². The summed E-state index contributed by atoms with van der Waals surface area (Å²) in [6, 6.07) is 0. The van der Waals surface area contributed by atoms with Gasteiger partial charge >= 0.3 is 0 Å². The van der Waals surface area contributed by atoms with Crippen LogP contribution in [0.5, 0.6) is 0 Å². The van der Waals surface area contributed by atoms with E-state index in [4.69, 9.17) is 31.2 Å². The Labute approximate surface area is 146 Å². The van der Waals surface area contributed by atoms with E-state index in [1.165, 1.54) is 6.42 Å². The van der Waals surface area contributed by atoms with Crippen molar-refractivity contribution in [1.82, 2.24) is 9.55 Å². The Balaban J connectivity index is 1.36. The lowest BCUT2D eigenvalue weighted by Crippen LogP contribution is -2.50. The van der Waals surface area contributed by atoms with Crippen molar-refractivity contribution in [3.05, 3.63) is 18.7 Å². The Hall–Kier alpha value is -1.02. The molecule has 0 bridgehead atoms. The van der Waals surface area contributed by atoms with Crippen LogP contribution in [0.4, 0.5) is 0 Å². The number of hydrogen-bond donors (Lipinski definition) is 0. The van der Waals surface area contributed by atoms with Crippen molar-refractivity contribution < 1.29 is 18.9 Å². The largest absolute Gasteiger partial charge is 0.467 e. The zero-order chi connectivity index (χ0) is 16.6. The first-order chi connectivity index (χ1) is 11.4. The van der Waals surface area contributed by atoms with Gasteiger partial charge in [0.25, 0.3) is 5.17 Å². The third-order valence-electron chi connectivity index (χ3n) is 6.06. The second-order valence-corrected chi connectivity index (χ2v) is 8.20. The summed E-state index contributed by atoms with van der Waals surface area (Å²) in [5.74, 6) is -0.118. The van der Waals surface area contributed by atoms with Gasteiger partial charge < -0.3 is 18.9 Å². The van der Waals surface area contributed by atoms with E-state index < -0.39 is 5.79 Å². The Bertz CT molecular complexity index is 678. The van der Waals surface area contributed by atoms with Crippen LogP contribution in [0, 0.1) is 5.92 Å². The molecule has 0 amide bonds. The standard InChI is InChI=1S/C17H22N2O4S/c1-15(2)21-12-8-16(9-20-14(24)19-7-6-18-10-19)17(23-16)5-3-4-11(17)13(12)22-15/h6-7,10-13H,3-5,8-9H2,1-2H3/t11-,12-,13+,16+,17+/m0/s1. The fourth-order valence-electron chi connectivity index (χ4n) is 5.18. The van der Waals surface area contributed by atoms with Gasteiger partial charge in [0.15, 0.2) is 5.79 Å². The fourth-order valence-corrected chi connectivity index (χ4v) is 5.35. The van der Waals surface area contributed by atoms with Crippen molar-refractivity contribution in [3.8, 4) is 0 Å². The maximum absolute atomic E-state index is 6.38. The number of aromatic nitrogens is 2. The van der Waals surface area contributed by atoms with E-state index in [-0.39, 0.29) is 23.4 Å². The molecule has 130 valence electrons. The topological polar surface area (TPSA) is 58.0 Å². The van der Waals surface area contributed by atoms with Crippen molar-refractivity contribution in [2.24, 2.45) is 5.92 Å². The minimum Gasteiger partial charge on any atom is -0.467 e. The van der Waals surface area contributed by atoms with Gasteiger partial charge in [0.05, 0.1) is 12.2 Å². The molecule has 2 aliphatic heterocycles. The van der Waals surface area contributed by atoms with E-state index >= 15 is 0 Å². The van der Waals surface area contributed by atoms with Gasteiger partial charge in [-0.05, 0) is 45.3 Å². The van der Waals surface area contributed by atoms with Crippen molar-refractivity contribution >= 4 is 17.4 Å². The maximum Gasteiger partial charge on any atom is 0.269 e. The summed E-state index contributed by atoms with van der Waals surface area (Å²) in [5, 5.41) is 0.410. The van der Waals surface area contributed by atoms with Crippen LogP contribution >= 0.6 is 12.2 Å². The zero-order valence-electron chi connectivity index (χ0n) is 13.9. The van der Waals surface area contributed by atoms with Crippen LogP contribution < -0.4 is 0 Å². The van der Waals surface area contributed by atoms with Crippen LogP contribution in [0.15, 0.2) is 18.7 Å². The molecule has 1 aromatic heterocycles. The van der Waals surface area contributed by atoms with Gasteiger partial charge in [-0.15, -0.1) is 0 Å². The summed E-state index contributed by atoms with van der Waals surface area (Å²) in [6.45, 7) is 4.46. The second kappa shape index (κ2) is 4.78. The zero-order valence-corrected chi connectivity index (χ0v) is 14.8. The molecule has 1 aromatic rings. The molecule has 3 heterocycles. The molecule has 0 radical (unpaired) electrons. The molecule has 1 spiro atoms. The lowest BCUT2D eigenvalue weighted by Gasteiger charge is -2.34. The molecular formula is C17H22N2O4S. The van der Waals surface area contributed by atoms with Crippen LogP contribution in [-0.2, 0) is 18.9 Å². The molecule has 7 heteroatoms. The summed E-state index contributed by atoms with van der Waals surface area (Å²) in [5.41, 5.74) is -0.397. The van der Waals surface area contributed by atoms with E-state index in [1.807, 2.05) is 13.8 Å². The summed E-state index contributed by atoms with van der Waals surface area (Å²) in [4.78, 5) is 4.00. The number of ether oxygens (including phenoxy) is 4. The average molecular weight is 350 g/mol. The fraction of sp³-hybridized carbons (Fsp3) is 0.765. The monoisotopic (exact) mass is 350 g/mol. The predicted molar refractivity (Wildman–Crippen MR) is 88.5 cm³/mol. The van der Waals surface area contributed by atoms with E-state index in [2.05, 4.69) is 4.98 Å². The highest BCUT2D eigenvalue weighted by atomic mass is 32.1. The van der Waals surface area contributed by atoms with Gasteiger partial charge in [-0.2, -0.15) is 0 Å². The van der Waals surface area contributed by atoms with Gasteiger partial charge in [-0.25, -0.2) is 4.98 Å². The summed E-state index contributed by atoms with van der Waals surface area (Å²) < 4.78 is 26.4. The van der Waals surface area contributed by atoms with Gasteiger partial charge in [0.2, 0.25) is 0 Å². The van der Waals surface area contributed by atoms with Gasteiger partial charge in [-0.1, -0.05) is 0 Å². The molecular weight excluding hydrogens is 328 g/mol. The quantitative estimate of drug-likeness (QED) is 0.602. The van der Waals surface area contributed by atoms with Crippen LogP contribution in [0.1, 0.15) is 39.5 Å². The predicted octanol–water partition coefficient (Wildman–Crippen LogP) is 2.26. The van der Waals surface area contributed by atoms with Crippen LogP contribution in [0.3, 0.4) is 0 Å². The van der Waals surface area contributed by atoms with Crippen molar-refractivity contribution in [2.75, 3.05) is 6.61 Å². The van der Waals surface area contributed by atoms with E-state index in [1.54, 1.807) is 23.3 Å². The summed E-state index contributed by atoms with van der Waals surface area (Å²) >= 11 is 5.35. The van der Waals surface area contributed by atoms with Crippen molar-refractivity contribution in [2.45, 2.75) is 68.7 Å². The summed E-state index contributed by atoms with van der Waals surface area (Å²) in [6.07, 6.45) is 9.52. The number of nitrogens with zero attached hydrogens (tertiary/aromatic N) is 2. The number of rotatable bonds is 2. The van der Waals surface area contributed by atoms with E-state index in [0.29, 0.717) is 17.7 Å². The molecule has 4 aliphatic rings. The lowest BCUT2D eigenvalue weighted by molar-refractivity contribution is -0.152. The third-order valence-corrected chi connectivity index (χ3v) is 6.39. The molecule has 0 aromatic carbocycles. The highest BCUT2D eigenvalue weighted by Gasteiger charge is 2.80. The molecule has 5 atom stereocenters. The minimum absolute atomic E-state index is 0.0733. The second-order valence-electron chi connectivity index (χ2n) is 7.85. The van der Waals surface area contributed by atoms with E-state index in [9.17, 15) is 0 Å². The molecule has 0 N–H and O–H groups in total. The average Bonchev–Trinajstić information content (AvgIpc) is 2.98. The highest BCUT2D eigenvalue weighted by molar-refractivity contribution is 7.80. The first kappa shape index (κ1) is 15.3. The first-order valence-corrected chi connectivity index (χ1v) is 9.07. The molecule has 4 fully saturated rings. The van der Waals surface area contributed by atoms with Crippen molar-refractivity contribution in [1.29, 1.82) is 0 Å². The Morgan fingerprint density at radius 1 is 1.42 bits per heavy atom. The maximum atomic E-state index is 6.38. The summed E-state index contributed by atoms with van der Waals surface area (Å²) in [7, 11) is 0. The van der Waals surface area contributed by atoms with Gasteiger partial charge in [0, 0.05) is 24.7 Å². The smallest absolute Gasteiger partial charge is 0.269 e. The van der Waals surface area contributed by atoms with Crippen molar-refractivity contribution in [3.63, 3.8) is 0 Å². The van der Waals surface area contributed by atoms with E-state index in [0.717, 1.165) is 19.3 Å². The lowest BCUT2D eigenvalue weighted by atomic mass is 9.71. The number of thiocarbonyl (C=S) groups is 1.